The minimum atomic E-state index is -1.17. The molecule has 6 aliphatic rings. The Morgan fingerprint density at radius 1 is 1.00 bits per heavy atom. The molecule has 226 valence electrons. The van der Waals surface area contributed by atoms with Crippen molar-refractivity contribution in [2.75, 3.05) is 13.6 Å². The van der Waals surface area contributed by atoms with E-state index in [-0.39, 0.29) is 41.5 Å². The van der Waals surface area contributed by atoms with Crippen LogP contribution in [0.2, 0.25) is 0 Å². The third-order valence-corrected chi connectivity index (χ3v) is 10.1. The fourth-order valence-corrected chi connectivity index (χ4v) is 7.17. The topological polar surface area (TPSA) is 154 Å². The second-order valence-corrected chi connectivity index (χ2v) is 13.2. The molecule has 0 radical (unpaired) electrons. The molecule has 1 aliphatic heterocycles. The first-order valence-corrected chi connectivity index (χ1v) is 15.6. The first-order chi connectivity index (χ1) is 19.6. The Labute approximate surface area is 241 Å². The SMILES string of the molecule is CCC[C@@H](C(=O)N[C@@H](C[C@@H]1CCNC1=O)C(=O)C(=O)NC1CC1)N(C)C(=O)[C@H](NC(=O)C12CC(C1)C2)C1CCCC1. The summed E-state index contributed by atoms with van der Waals surface area (Å²) in [7, 11) is 1.58. The van der Waals surface area contributed by atoms with Crippen LogP contribution >= 0.6 is 0 Å². The standard InChI is InChI=1S/C30H45N5O6/c1-3-6-22(26(38)33-21(13-19-11-12-31-25(19)37)24(36)27(39)32-20-9-10-20)35(2)28(40)23(18-7-4-5-8-18)34-29(41)30-14-17(15-30)16-30/h17-23H,3-16H2,1-2H3,(H,31,37)(H,32,39)(H,33,38)(H,34,41)/t17?,19-,21-,22-,23+,30?/m0/s1. The molecule has 4 atom stereocenters. The first-order valence-electron chi connectivity index (χ1n) is 15.6. The second-order valence-electron chi connectivity index (χ2n) is 13.2. The number of amides is 5. The van der Waals surface area contributed by atoms with Gasteiger partial charge in [-0.15, -0.1) is 0 Å². The summed E-state index contributed by atoms with van der Waals surface area (Å²) >= 11 is 0. The maximum atomic E-state index is 14.0. The van der Waals surface area contributed by atoms with Crippen molar-refractivity contribution >= 4 is 35.3 Å². The predicted molar refractivity (Wildman–Crippen MR) is 149 cm³/mol. The molecule has 6 fully saturated rings. The lowest BCUT2D eigenvalue weighted by Gasteiger charge is -2.60. The number of hydrogen-bond acceptors (Lipinski definition) is 6. The molecule has 11 heteroatoms. The molecule has 1 heterocycles. The van der Waals surface area contributed by atoms with E-state index in [1.54, 1.807) is 7.05 Å². The zero-order valence-corrected chi connectivity index (χ0v) is 24.3. The minimum Gasteiger partial charge on any atom is -0.356 e. The molecule has 5 aliphatic carbocycles. The molecule has 5 saturated carbocycles. The molecular weight excluding hydrogens is 526 g/mol. The normalized spacial score (nSPS) is 28.8. The molecule has 4 N–H and O–H groups in total. The predicted octanol–water partition coefficient (Wildman–Crippen LogP) is 0.947. The maximum Gasteiger partial charge on any atom is 0.289 e. The van der Waals surface area contributed by atoms with Gasteiger partial charge in [-0.25, -0.2) is 0 Å². The maximum absolute atomic E-state index is 14.0. The third-order valence-electron chi connectivity index (χ3n) is 10.1. The Morgan fingerprint density at radius 3 is 2.22 bits per heavy atom. The van der Waals surface area contributed by atoms with Crippen molar-refractivity contribution in [1.82, 2.24) is 26.2 Å². The molecule has 0 aromatic rings. The van der Waals surface area contributed by atoms with Crippen molar-refractivity contribution in [3.63, 3.8) is 0 Å². The monoisotopic (exact) mass is 571 g/mol. The van der Waals surface area contributed by atoms with Crippen LogP contribution in [0.1, 0.15) is 90.4 Å². The van der Waals surface area contributed by atoms with Gasteiger partial charge in [0.05, 0.1) is 6.04 Å². The van der Waals surface area contributed by atoms with Gasteiger partial charge in [-0.2, -0.15) is 0 Å². The summed E-state index contributed by atoms with van der Waals surface area (Å²) in [6.45, 7) is 2.39. The average Bonchev–Trinajstić information content (AvgIpc) is 3.35. The number of ketones is 1. The summed E-state index contributed by atoms with van der Waals surface area (Å²) in [5.74, 6) is -2.43. The number of hydrogen-bond donors (Lipinski definition) is 4. The van der Waals surface area contributed by atoms with E-state index in [0.29, 0.717) is 31.7 Å². The van der Waals surface area contributed by atoms with Crippen LogP contribution in [0.15, 0.2) is 0 Å². The van der Waals surface area contributed by atoms with E-state index >= 15 is 0 Å². The molecule has 0 aromatic carbocycles. The van der Waals surface area contributed by atoms with Crippen LogP contribution in [-0.2, 0) is 28.8 Å². The summed E-state index contributed by atoms with van der Waals surface area (Å²) in [5, 5.41) is 11.3. The molecule has 6 rings (SSSR count). The van der Waals surface area contributed by atoms with Crippen LogP contribution in [0.3, 0.4) is 0 Å². The van der Waals surface area contributed by atoms with Crippen LogP contribution in [-0.4, -0.2) is 78.0 Å². The van der Waals surface area contributed by atoms with Gasteiger partial charge in [-0.1, -0.05) is 26.2 Å². The van der Waals surface area contributed by atoms with Crippen LogP contribution in [0.25, 0.3) is 0 Å². The number of carbonyl (C=O) groups excluding carboxylic acids is 6. The molecule has 0 spiro atoms. The molecule has 0 aromatic heterocycles. The zero-order chi connectivity index (χ0) is 29.3. The molecule has 2 bridgehead atoms. The van der Waals surface area contributed by atoms with Gasteiger partial charge in [0.1, 0.15) is 12.1 Å². The minimum absolute atomic E-state index is 0.0212. The first kappa shape index (κ1) is 29.5. The van der Waals surface area contributed by atoms with E-state index in [4.69, 9.17) is 0 Å². The highest BCUT2D eigenvalue weighted by Crippen LogP contribution is 2.64. The summed E-state index contributed by atoms with van der Waals surface area (Å²) in [6.07, 6.45) is 9.50. The van der Waals surface area contributed by atoms with E-state index in [2.05, 4.69) is 21.3 Å². The summed E-state index contributed by atoms with van der Waals surface area (Å²) in [4.78, 5) is 80.4. The highest BCUT2D eigenvalue weighted by atomic mass is 16.2. The van der Waals surface area contributed by atoms with E-state index < -0.39 is 41.6 Å². The number of Topliss-reactive ketones (excluding diaryl/α,β-unsaturated/α-hetero) is 1. The van der Waals surface area contributed by atoms with Gasteiger partial charge in [0, 0.05) is 31.0 Å². The van der Waals surface area contributed by atoms with Crippen molar-refractivity contribution in [3.05, 3.63) is 0 Å². The molecule has 1 saturated heterocycles. The lowest BCUT2D eigenvalue weighted by atomic mass is 9.44. The molecular formula is C30H45N5O6. The summed E-state index contributed by atoms with van der Waals surface area (Å²) < 4.78 is 0. The number of nitrogens with zero attached hydrogens (tertiary/aromatic N) is 1. The van der Waals surface area contributed by atoms with Gasteiger partial charge in [0.15, 0.2) is 0 Å². The number of nitrogens with one attached hydrogen (secondary N) is 4. The molecule has 11 nitrogen and oxygen atoms in total. The molecule has 0 unspecified atom stereocenters. The Kier molecular flexibility index (Phi) is 8.70. The van der Waals surface area contributed by atoms with E-state index in [1.807, 2.05) is 6.92 Å². The van der Waals surface area contributed by atoms with Crippen molar-refractivity contribution < 1.29 is 28.8 Å². The van der Waals surface area contributed by atoms with Crippen LogP contribution < -0.4 is 21.3 Å². The largest absolute Gasteiger partial charge is 0.356 e. The number of likely N-dealkylation sites (N-methyl/N-ethyl adjacent to an activating group) is 1. The Hall–Kier alpha value is -2.98. The smallest absolute Gasteiger partial charge is 0.289 e. The highest BCUT2D eigenvalue weighted by molar-refractivity contribution is 6.38. The Bertz CT molecular complexity index is 1070. The van der Waals surface area contributed by atoms with Gasteiger partial charge in [-0.05, 0) is 76.0 Å². The Morgan fingerprint density at radius 2 is 1.68 bits per heavy atom. The lowest BCUT2D eigenvalue weighted by Crippen LogP contribution is -2.64. The van der Waals surface area contributed by atoms with Crippen LogP contribution in [0.5, 0.6) is 0 Å². The van der Waals surface area contributed by atoms with Crippen molar-refractivity contribution in [3.8, 4) is 0 Å². The summed E-state index contributed by atoms with van der Waals surface area (Å²) in [6, 6.07) is -2.78. The zero-order valence-electron chi connectivity index (χ0n) is 24.3. The lowest BCUT2D eigenvalue weighted by molar-refractivity contribution is -0.167. The van der Waals surface area contributed by atoms with Gasteiger partial charge in [-0.3, -0.25) is 28.8 Å². The van der Waals surface area contributed by atoms with Crippen molar-refractivity contribution in [2.45, 2.75) is 115 Å². The molecule has 41 heavy (non-hydrogen) atoms. The highest BCUT2D eigenvalue weighted by Gasteiger charge is 2.61. The molecule has 5 amide bonds. The van der Waals surface area contributed by atoms with Crippen molar-refractivity contribution in [1.29, 1.82) is 0 Å². The fourth-order valence-electron chi connectivity index (χ4n) is 7.17. The second kappa shape index (κ2) is 12.1. The van der Waals surface area contributed by atoms with Gasteiger partial charge >= 0.3 is 0 Å². The van der Waals surface area contributed by atoms with Gasteiger partial charge in [0.25, 0.3) is 5.91 Å². The number of carbonyl (C=O) groups is 6. The van der Waals surface area contributed by atoms with Crippen molar-refractivity contribution in [2.24, 2.45) is 23.2 Å². The summed E-state index contributed by atoms with van der Waals surface area (Å²) in [5.41, 5.74) is -0.318. The van der Waals surface area contributed by atoms with E-state index in [9.17, 15) is 28.8 Å². The van der Waals surface area contributed by atoms with E-state index in [0.717, 1.165) is 57.8 Å². The van der Waals surface area contributed by atoms with Gasteiger partial charge in [0.2, 0.25) is 29.4 Å². The third kappa shape index (κ3) is 6.28. The van der Waals surface area contributed by atoms with E-state index in [1.165, 1.54) is 4.90 Å². The van der Waals surface area contributed by atoms with Crippen LogP contribution in [0.4, 0.5) is 0 Å². The van der Waals surface area contributed by atoms with Crippen LogP contribution in [0, 0.1) is 23.2 Å². The van der Waals surface area contributed by atoms with Gasteiger partial charge < -0.3 is 26.2 Å². The number of rotatable bonds is 14. The average molecular weight is 572 g/mol. The fraction of sp³-hybridized carbons (Fsp3) is 0.800. The quantitative estimate of drug-likeness (QED) is 0.228. The Balaban J connectivity index is 1.29.